The Morgan fingerprint density at radius 2 is 1.89 bits per heavy atom. The molecule has 10 heteroatoms. The highest BCUT2D eigenvalue weighted by Crippen LogP contribution is 2.34. The van der Waals surface area contributed by atoms with Gasteiger partial charge in [-0.3, -0.25) is 19.9 Å². The number of amides is 4. The molecule has 1 aromatic heterocycles. The first-order chi connectivity index (χ1) is 16.8. The van der Waals surface area contributed by atoms with E-state index < -0.39 is 35.0 Å². The molecular formula is C25H21F2N5O3. The summed E-state index contributed by atoms with van der Waals surface area (Å²) in [7, 11) is 1.74. The van der Waals surface area contributed by atoms with Gasteiger partial charge in [-0.1, -0.05) is 18.2 Å². The van der Waals surface area contributed by atoms with Gasteiger partial charge in [0.25, 0.3) is 11.8 Å². The van der Waals surface area contributed by atoms with Crippen molar-refractivity contribution in [2.75, 3.05) is 18.5 Å². The first-order valence-electron chi connectivity index (χ1n) is 10.9. The second-order valence-electron chi connectivity index (χ2n) is 8.66. The van der Waals surface area contributed by atoms with Gasteiger partial charge in [0.05, 0.1) is 12.2 Å². The minimum Gasteiger partial charge on any atom is -0.368 e. The summed E-state index contributed by atoms with van der Waals surface area (Å²) < 4.78 is 28.5. The van der Waals surface area contributed by atoms with E-state index in [4.69, 9.17) is 0 Å². The number of rotatable bonds is 6. The van der Waals surface area contributed by atoms with Crippen LogP contribution in [-0.2, 0) is 23.4 Å². The first-order valence-corrected chi connectivity index (χ1v) is 10.9. The van der Waals surface area contributed by atoms with E-state index in [1.54, 1.807) is 36.5 Å². The highest BCUT2D eigenvalue weighted by Gasteiger charge is 2.50. The molecule has 1 saturated heterocycles. The van der Waals surface area contributed by atoms with Gasteiger partial charge < -0.3 is 15.1 Å². The molecule has 2 aromatic carbocycles. The average molecular weight is 477 g/mol. The number of halogens is 2. The van der Waals surface area contributed by atoms with E-state index in [1.165, 1.54) is 35.2 Å². The molecule has 1 atom stereocenters. The van der Waals surface area contributed by atoms with Gasteiger partial charge in [-0.2, -0.15) is 0 Å². The lowest BCUT2D eigenvalue weighted by Crippen LogP contribution is -2.52. The molecule has 2 aliphatic rings. The van der Waals surface area contributed by atoms with Gasteiger partial charge in [0.1, 0.15) is 11.6 Å². The van der Waals surface area contributed by atoms with Crippen LogP contribution in [-0.4, -0.2) is 41.3 Å². The number of carbonyl (C=O) groups excluding carboxylic acids is 3. The van der Waals surface area contributed by atoms with Crippen molar-refractivity contribution in [1.29, 1.82) is 0 Å². The molecule has 0 spiro atoms. The Morgan fingerprint density at radius 3 is 2.54 bits per heavy atom. The fourth-order valence-corrected chi connectivity index (χ4v) is 4.57. The van der Waals surface area contributed by atoms with Crippen molar-refractivity contribution in [2.24, 2.45) is 0 Å². The number of carbonyl (C=O) groups is 3. The van der Waals surface area contributed by atoms with Crippen LogP contribution in [0.2, 0.25) is 0 Å². The number of fused-ring (bicyclic) bond motifs is 1. The number of imide groups is 1. The molecule has 35 heavy (non-hydrogen) atoms. The van der Waals surface area contributed by atoms with Crippen LogP contribution < -0.4 is 15.5 Å². The fraction of sp³-hybridized carbons (Fsp3) is 0.200. The Hall–Kier alpha value is -4.34. The zero-order chi connectivity index (χ0) is 24.7. The van der Waals surface area contributed by atoms with Crippen LogP contribution in [0.15, 0.2) is 60.9 Å². The van der Waals surface area contributed by atoms with Crippen LogP contribution >= 0.6 is 0 Å². The van der Waals surface area contributed by atoms with Gasteiger partial charge in [0.2, 0.25) is 0 Å². The Balaban J connectivity index is 1.43. The molecule has 178 valence electrons. The number of hydrogen-bond donors (Lipinski definition) is 2. The summed E-state index contributed by atoms with van der Waals surface area (Å²) in [5.41, 5.74) is 0.748. The molecule has 4 amide bonds. The second kappa shape index (κ2) is 8.46. The summed E-state index contributed by atoms with van der Waals surface area (Å²) in [6, 6.07) is 10.9. The second-order valence-corrected chi connectivity index (χ2v) is 8.66. The number of hydrogen-bond acceptors (Lipinski definition) is 5. The first kappa shape index (κ1) is 22.5. The van der Waals surface area contributed by atoms with Crippen LogP contribution in [0, 0.1) is 11.6 Å². The Labute approximate surface area is 199 Å². The number of aromatic nitrogens is 1. The van der Waals surface area contributed by atoms with Crippen LogP contribution in [0.4, 0.5) is 19.3 Å². The van der Waals surface area contributed by atoms with Crippen LogP contribution in [0.1, 0.15) is 27.0 Å². The van der Waals surface area contributed by atoms with Crippen molar-refractivity contribution in [1.82, 2.24) is 20.5 Å². The molecule has 1 unspecified atom stereocenters. The summed E-state index contributed by atoms with van der Waals surface area (Å²) in [5, 5.41) is 4.79. The summed E-state index contributed by atoms with van der Waals surface area (Å²) in [5.74, 6) is -2.17. The number of pyridine rings is 1. The summed E-state index contributed by atoms with van der Waals surface area (Å²) in [6.07, 6.45) is 3.36. The van der Waals surface area contributed by atoms with Crippen molar-refractivity contribution < 1.29 is 23.2 Å². The van der Waals surface area contributed by atoms with Crippen LogP contribution in [0.5, 0.6) is 0 Å². The lowest BCUT2D eigenvalue weighted by Gasteiger charge is -2.31. The monoisotopic (exact) mass is 477 g/mol. The lowest BCUT2D eigenvalue weighted by molar-refractivity contribution is -0.124. The largest absolute Gasteiger partial charge is 0.368 e. The Kier molecular flexibility index (Phi) is 5.43. The third-order valence-electron chi connectivity index (χ3n) is 6.31. The zero-order valence-corrected chi connectivity index (χ0v) is 18.7. The number of nitrogens with one attached hydrogen (secondary N) is 2. The minimum absolute atomic E-state index is 0.119. The van der Waals surface area contributed by atoms with Gasteiger partial charge >= 0.3 is 6.03 Å². The molecule has 5 rings (SSSR count). The van der Waals surface area contributed by atoms with Crippen molar-refractivity contribution >= 4 is 23.5 Å². The molecule has 2 aliphatic heterocycles. The van der Waals surface area contributed by atoms with E-state index in [0.29, 0.717) is 23.4 Å². The molecular weight excluding hydrogens is 456 g/mol. The SMILES string of the molecule is CN(Cc1cccnc1)c1cc2c(cc1F)C(=O)N(CC1(c3ccc(F)cc3)NC(=O)NC1=O)C2. The summed E-state index contributed by atoms with van der Waals surface area (Å²) in [6.45, 7) is 0.335. The molecule has 0 bridgehead atoms. The fourth-order valence-electron chi connectivity index (χ4n) is 4.57. The maximum atomic E-state index is 15.0. The molecule has 0 aliphatic carbocycles. The topological polar surface area (TPSA) is 94.6 Å². The van der Waals surface area contributed by atoms with Gasteiger partial charge in [-0.25, -0.2) is 13.6 Å². The van der Waals surface area contributed by atoms with Gasteiger partial charge in [-0.15, -0.1) is 0 Å². The van der Waals surface area contributed by atoms with Gasteiger partial charge in [0, 0.05) is 38.1 Å². The summed E-state index contributed by atoms with van der Waals surface area (Å²) in [4.78, 5) is 45.2. The molecule has 8 nitrogen and oxygen atoms in total. The van der Waals surface area contributed by atoms with E-state index in [2.05, 4.69) is 15.6 Å². The number of urea groups is 1. The predicted molar refractivity (Wildman–Crippen MR) is 122 cm³/mol. The maximum Gasteiger partial charge on any atom is 0.322 e. The van der Waals surface area contributed by atoms with Crippen molar-refractivity contribution in [3.05, 3.63) is 94.8 Å². The lowest BCUT2D eigenvalue weighted by atomic mass is 9.89. The van der Waals surface area contributed by atoms with E-state index in [1.807, 2.05) is 6.07 Å². The van der Waals surface area contributed by atoms with Crippen molar-refractivity contribution in [2.45, 2.75) is 18.6 Å². The predicted octanol–water partition coefficient (Wildman–Crippen LogP) is 2.69. The van der Waals surface area contributed by atoms with Crippen LogP contribution in [0.3, 0.4) is 0 Å². The molecule has 2 N–H and O–H groups in total. The zero-order valence-electron chi connectivity index (χ0n) is 18.7. The van der Waals surface area contributed by atoms with E-state index in [0.717, 1.165) is 5.56 Å². The molecule has 3 aromatic rings. The standard InChI is InChI=1S/C25H21F2N5O3/c1-31(12-15-3-2-8-28-11-15)21-9-16-13-32(22(33)19(16)10-20(21)27)14-25(23(34)29-24(35)30-25)17-4-6-18(26)7-5-17/h2-11H,12-14H2,1H3,(H2,29,30,34,35). The Bertz CT molecular complexity index is 1330. The number of benzene rings is 2. The number of nitrogens with zero attached hydrogens (tertiary/aromatic N) is 3. The summed E-state index contributed by atoms with van der Waals surface area (Å²) >= 11 is 0. The maximum absolute atomic E-state index is 15.0. The third-order valence-corrected chi connectivity index (χ3v) is 6.31. The van der Waals surface area contributed by atoms with E-state index in [9.17, 15) is 18.8 Å². The smallest absolute Gasteiger partial charge is 0.322 e. The third kappa shape index (κ3) is 3.96. The molecule has 3 heterocycles. The molecule has 1 fully saturated rings. The average Bonchev–Trinajstić information content (AvgIpc) is 3.29. The normalized spacial score (nSPS) is 18.9. The Morgan fingerprint density at radius 1 is 1.11 bits per heavy atom. The van der Waals surface area contributed by atoms with Gasteiger partial charge in [-0.05, 0) is 47.0 Å². The minimum atomic E-state index is -1.60. The van der Waals surface area contributed by atoms with Crippen molar-refractivity contribution in [3.8, 4) is 0 Å². The van der Waals surface area contributed by atoms with Gasteiger partial charge in [0.15, 0.2) is 5.54 Å². The van der Waals surface area contributed by atoms with E-state index >= 15 is 4.39 Å². The van der Waals surface area contributed by atoms with Crippen molar-refractivity contribution in [3.63, 3.8) is 0 Å². The van der Waals surface area contributed by atoms with E-state index in [-0.39, 0.29) is 18.7 Å². The highest BCUT2D eigenvalue weighted by atomic mass is 19.1. The highest BCUT2D eigenvalue weighted by molar-refractivity contribution is 6.08. The quantitative estimate of drug-likeness (QED) is 0.533. The molecule has 0 saturated carbocycles. The van der Waals surface area contributed by atoms with Crippen LogP contribution in [0.25, 0.3) is 0 Å². The number of anilines is 1. The molecule has 0 radical (unpaired) electrons.